The molecule has 6 heteroatoms. The molecule has 6 nitrogen and oxygen atoms in total. The zero-order chi connectivity index (χ0) is 16.5. The number of nitrogens with one attached hydrogen (secondary N) is 1. The summed E-state index contributed by atoms with van der Waals surface area (Å²) < 4.78 is 10.6. The SMILES string of the molecule is COc1ccc(C[C@]2(C)NC(C)(C)N(OC)C2=O)cc1OC. The van der Waals surface area contributed by atoms with Crippen molar-refractivity contribution in [1.82, 2.24) is 10.4 Å². The lowest BCUT2D eigenvalue weighted by molar-refractivity contribution is -0.193. The van der Waals surface area contributed by atoms with Crippen LogP contribution >= 0.6 is 0 Å². The molecule has 0 unspecified atom stereocenters. The van der Waals surface area contributed by atoms with E-state index in [-0.39, 0.29) is 5.91 Å². The summed E-state index contributed by atoms with van der Waals surface area (Å²) in [6.07, 6.45) is 0.523. The third-order valence-corrected chi connectivity index (χ3v) is 3.93. The molecule has 1 saturated heterocycles. The minimum atomic E-state index is -0.737. The van der Waals surface area contributed by atoms with E-state index in [4.69, 9.17) is 14.3 Å². The molecule has 0 aromatic heterocycles. The van der Waals surface area contributed by atoms with Gasteiger partial charge >= 0.3 is 0 Å². The van der Waals surface area contributed by atoms with E-state index in [9.17, 15) is 4.79 Å². The number of carbonyl (C=O) groups excluding carboxylic acids is 1. The molecule has 0 aliphatic carbocycles. The summed E-state index contributed by atoms with van der Waals surface area (Å²) in [5.41, 5.74) is -0.314. The van der Waals surface area contributed by atoms with Crippen LogP contribution in [0.25, 0.3) is 0 Å². The van der Waals surface area contributed by atoms with Gasteiger partial charge < -0.3 is 9.47 Å². The average molecular weight is 308 g/mol. The van der Waals surface area contributed by atoms with Crippen molar-refractivity contribution in [2.75, 3.05) is 21.3 Å². The van der Waals surface area contributed by atoms with E-state index in [1.807, 2.05) is 39.0 Å². The number of hydrogen-bond donors (Lipinski definition) is 1. The molecule has 1 fully saturated rings. The van der Waals surface area contributed by atoms with Gasteiger partial charge in [-0.2, -0.15) is 0 Å². The molecule has 0 bridgehead atoms. The van der Waals surface area contributed by atoms with Crippen molar-refractivity contribution in [3.05, 3.63) is 23.8 Å². The number of amides is 1. The first-order valence-corrected chi connectivity index (χ1v) is 7.16. The van der Waals surface area contributed by atoms with E-state index in [0.717, 1.165) is 5.56 Å². The lowest BCUT2D eigenvalue weighted by atomic mass is 9.92. The largest absolute Gasteiger partial charge is 0.493 e. The van der Waals surface area contributed by atoms with E-state index >= 15 is 0 Å². The highest BCUT2D eigenvalue weighted by molar-refractivity contribution is 5.88. The van der Waals surface area contributed by atoms with Crippen LogP contribution in [0.1, 0.15) is 26.3 Å². The van der Waals surface area contributed by atoms with Crippen LogP contribution in [-0.2, 0) is 16.1 Å². The number of hydroxylamine groups is 2. The quantitative estimate of drug-likeness (QED) is 0.898. The molecular formula is C16H24N2O4. The van der Waals surface area contributed by atoms with E-state index in [1.165, 1.54) is 12.2 Å². The minimum Gasteiger partial charge on any atom is -0.493 e. The number of carbonyl (C=O) groups is 1. The van der Waals surface area contributed by atoms with Crippen molar-refractivity contribution in [3.8, 4) is 11.5 Å². The predicted octanol–water partition coefficient (Wildman–Crippen LogP) is 1.73. The first-order valence-electron chi connectivity index (χ1n) is 7.16. The molecule has 0 saturated carbocycles. The van der Waals surface area contributed by atoms with Gasteiger partial charge in [-0.25, -0.2) is 5.06 Å². The number of benzene rings is 1. The molecular weight excluding hydrogens is 284 g/mol. The molecule has 0 radical (unpaired) electrons. The van der Waals surface area contributed by atoms with Gasteiger partial charge in [-0.05, 0) is 44.9 Å². The predicted molar refractivity (Wildman–Crippen MR) is 82.7 cm³/mol. The maximum absolute atomic E-state index is 12.6. The van der Waals surface area contributed by atoms with Crippen LogP contribution in [0.5, 0.6) is 11.5 Å². The summed E-state index contributed by atoms with van der Waals surface area (Å²) in [6.45, 7) is 5.70. The molecule has 122 valence electrons. The molecule has 1 aromatic rings. The van der Waals surface area contributed by atoms with Crippen LogP contribution in [-0.4, -0.2) is 43.5 Å². The van der Waals surface area contributed by atoms with Crippen LogP contribution in [0, 0.1) is 0 Å². The molecule has 1 N–H and O–H groups in total. The molecule has 1 atom stereocenters. The van der Waals surface area contributed by atoms with Crippen LogP contribution in [0.3, 0.4) is 0 Å². The van der Waals surface area contributed by atoms with Crippen LogP contribution in [0.15, 0.2) is 18.2 Å². The highest BCUT2D eigenvalue weighted by atomic mass is 16.7. The third-order valence-electron chi connectivity index (χ3n) is 3.93. The van der Waals surface area contributed by atoms with Crippen LogP contribution in [0.2, 0.25) is 0 Å². The van der Waals surface area contributed by atoms with Crippen molar-refractivity contribution in [1.29, 1.82) is 0 Å². The maximum Gasteiger partial charge on any atom is 0.268 e. The molecule has 0 spiro atoms. The van der Waals surface area contributed by atoms with Crippen molar-refractivity contribution < 1.29 is 19.1 Å². The monoisotopic (exact) mass is 308 g/mol. The van der Waals surface area contributed by atoms with Gasteiger partial charge in [0.25, 0.3) is 5.91 Å². The fourth-order valence-corrected chi connectivity index (χ4v) is 3.09. The standard InChI is InChI=1S/C16H24N2O4/c1-15(2)17-16(3,14(19)18(15)22-6)10-11-7-8-12(20-4)13(9-11)21-5/h7-9,17H,10H2,1-6H3/t16-/m0/s1. The zero-order valence-electron chi connectivity index (χ0n) is 14.0. The Labute approximate surface area is 131 Å². The summed E-state index contributed by atoms with van der Waals surface area (Å²) in [5.74, 6) is 1.23. The highest BCUT2D eigenvalue weighted by Gasteiger charge is 2.52. The number of ether oxygens (including phenoxy) is 2. The Morgan fingerprint density at radius 1 is 1.09 bits per heavy atom. The van der Waals surface area contributed by atoms with Gasteiger partial charge in [0.05, 0.1) is 21.3 Å². The number of rotatable bonds is 5. The third kappa shape index (κ3) is 2.76. The molecule has 2 rings (SSSR count). The van der Waals surface area contributed by atoms with E-state index in [2.05, 4.69) is 5.32 Å². The Morgan fingerprint density at radius 3 is 2.23 bits per heavy atom. The molecule has 1 aliphatic rings. The van der Waals surface area contributed by atoms with E-state index in [1.54, 1.807) is 14.2 Å². The van der Waals surface area contributed by atoms with Gasteiger partial charge in [-0.15, -0.1) is 0 Å². The summed E-state index contributed by atoms with van der Waals surface area (Å²) in [5, 5.41) is 4.73. The van der Waals surface area contributed by atoms with Crippen LogP contribution < -0.4 is 14.8 Å². The van der Waals surface area contributed by atoms with Gasteiger partial charge in [-0.3, -0.25) is 14.9 Å². The molecule has 1 amide bonds. The lowest BCUT2D eigenvalue weighted by Crippen LogP contribution is -2.50. The molecule has 1 aliphatic heterocycles. The lowest BCUT2D eigenvalue weighted by Gasteiger charge is -2.28. The van der Waals surface area contributed by atoms with Gasteiger partial charge in [-0.1, -0.05) is 6.07 Å². The first kappa shape index (κ1) is 16.6. The van der Waals surface area contributed by atoms with Crippen molar-refractivity contribution in [2.24, 2.45) is 0 Å². The summed E-state index contributed by atoms with van der Waals surface area (Å²) in [4.78, 5) is 17.9. The van der Waals surface area contributed by atoms with Crippen molar-refractivity contribution in [2.45, 2.75) is 38.4 Å². The molecule has 1 aromatic carbocycles. The Morgan fingerprint density at radius 2 is 1.73 bits per heavy atom. The maximum atomic E-state index is 12.6. The van der Waals surface area contributed by atoms with Crippen molar-refractivity contribution in [3.63, 3.8) is 0 Å². The molecule has 22 heavy (non-hydrogen) atoms. The Balaban J connectivity index is 2.28. The highest BCUT2D eigenvalue weighted by Crippen LogP contribution is 2.33. The average Bonchev–Trinajstić information content (AvgIpc) is 2.63. The molecule has 1 heterocycles. The van der Waals surface area contributed by atoms with Gasteiger partial charge in [0, 0.05) is 0 Å². The second-order valence-electron chi connectivity index (χ2n) is 6.16. The van der Waals surface area contributed by atoms with Crippen LogP contribution in [0.4, 0.5) is 0 Å². The van der Waals surface area contributed by atoms with Gasteiger partial charge in [0.15, 0.2) is 11.5 Å². The smallest absolute Gasteiger partial charge is 0.268 e. The number of hydrogen-bond acceptors (Lipinski definition) is 5. The minimum absolute atomic E-state index is 0.0882. The first-order chi connectivity index (χ1) is 10.3. The summed E-state index contributed by atoms with van der Waals surface area (Å²) >= 11 is 0. The second-order valence-corrected chi connectivity index (χ2v) is 6.16. The number of methoxy groups -OCH3 is 2. The fraction of sp³-hybridized carbons (Fsp3) is 0.562. The summed E-state index contributed by atoms with van der Waals surface area (Å²) in [6, 6.07) is 5.67. The van der Waals surface area contributed by atoms with Crippen molar-refractivity contribution >= 4 is 5.91 Å². The van der Waals surface area contributed by atoms with E-state index < -0.39 is 11.2 Å². The Kier molecular flexibility index (Phi) is 4.35. The van der Waals surface area contributed by atoms with Gasteiger partial charge in [0.2, 0.25) is 0 Å². The Hall–Kier alpha value is -1.79. The van der Waals surface area contributed by atoms with E-state index in [0.29, 0.717) is 17.9 Å². The number of nitrogens with zero attached hydrogens (tertiary/aromatic N) is 1. The zero-order valence-corrected chi connectivity index (χ0v) is 14.0. The Bertz CT molecular complexity index is 573. The second kappa shape index (κ2) is 5.78. The topological polar surface area (TPSA) is 60.0 Å². The van der Waals surface area contributed by atoms with Gasteiger partial charge in [0.1, 0.15) is 11.2 Å². The summed E-state index contributed by atoms with van der Waals surface area (Å²) in [7, 11) is 4.70. The normalized spacial score (nSPS) is 23.7. The fourth-order valence-electron chi connectivity index (χ4n) is 3.09.